The van der Waals surface area contributed by atoms with E-state index in [0.29, 0.717) is 0 Å². The van der Waals surface area contributed by atoms with E-state index in [1.54, 1.807) is 15.7 Å². The maximum Gasteiger partial charge on any atom is 0.0998 e. The highest BCUT2D eigenvalue weighted by Gasteiger charge is 2.12. The molecule has 0 saturated carbocycles. The van der Waals surface area contributed by atoms with Gasteiger partial charge < -0.3 is 5.73 Å². The number of aromatic nitrogens is 5. The summed E-state index contributed by atoms with van der Waals surface area (Å²) < 4.78 is 1.80. The summed E-state index contributed by atoms with van der Waals surface area (Å²) in [5.41, 5.74) is 9.12. The minimum Gasteiger partial charge on any atom is -0.323 e. The Labute approximate surface area is 123 Å². The Kier molecular flexibility index (Phi) is 3.79. The molecule has 0 spiro atoms. The Morgan fingerprint density at radius 2 is 1.95 bits per heavy atom. The minimum atomic E-state index is -0.123. The molecule has 0 aliphatic heterocycles. The van der Waals surface area contributed by atoms with Gasteiger partial charge in [0, 0.05) is 13.2 Å². The van der Waals surface area contributed by atoms with Crippen LogP contribution in [-0.2, 0) is 13.5 Å². The smallest absolute Gasteiger partial charge is 0.0998 e. The third-order valence-corrected chi connectivity index (χ3v) is 3.38. The molecule has 2 N–H and O–H groups in total. The fourth-order valence-electron chi connectivity index (χ4n) is 2.20. The Morgan fingerprint density at radius 3 is 2.67 bits per heavy atom. The van der Waals surface area contributed by atoms with Crippen molar-refractivity contribution in [1.29, 1.82) is 0 Å². The summed E-state index contributed by atoms with van der Waals surface area (Å²) in [6.07, 6.45) is 7.31. The molecule has 0 aliphatic carbocycles. The lowest BCUT2D eigenvalue weighted by Gasteiger charge is -2.06. The summed E-state index contributed by atoms with van der Waals surface area (Å²) in [4.78, 5) is 1.61. The molecule has 6 heteroatoms. The molecule has 0 fully saturated rings. The van der Waals surface area contributed by atoms with E-state index < -0.39 is 0 Å². The van der Waals surface area contributed by atoms with Crippen molar-refractivity contribution < 1.29 is 0 Å². The molecule has 6 nitrogen and oxygen atoms in total. The normalized spacial score (nSPS) is 12.5. The molecule has 0 amide bonds. The third kappa shape index (κ3) is 3.17. The first-order valence-corrected chi connectivity index (χ1v) is 6.93. The molecule has 0 saturated heterocycles. The second kappa shape index (κ2) is 5.88. The van der Waals surface area contributed by atoms with Crippen molar-refractivity contribution in [3.05, 3.63) is 60.2 Å². The molecule has 1 aromatic carbocycles. The molecule has 1 unspecified atom stereocenters. The van der Waals surface area contributed by atoms with Gasteiger partial charge in [-0.1, -0.05) is 18.2 Å². The van der Waals surface area contributed by atoms with Crippen LogP contribution in [0, 0.1) is 0 Å². The largest absolute Gasteiger partial charge is 0.323 e. The highest BCUT2D eigenvalue weighted by atomic mass is 15.5. The van der Waals surface area contributed by atoms with Crippen LogP contribution in [0.3, 0.4) is 0 Å². The average Bonchev–Trinajstić information content (AvgIpc) is 3.15. The average molecular weight is 282 g/mol. The number of hydrogen-bond acceptors (Lipinski definition) is 4. The van der Waals surface area contributed by atoms with Gasteiger partial charge in [0.2, 0.25) is 0 Å². The second-order valence-electron chi connectivity index (χ2n) is 5.06. The van der Waals surface area contributed by atoms with Crippen molar-refractivity contribution >= 4 is 0 Å². The van der Waals surface area contributed by atoms with Crippen molar-refractivity contribution in [3.63, 3.8) is 0 Å². The molecule has 1 atom stereocenters. The van der Waals surface area contributed by atoms with Gasteiger partial charge in [-0.15, -0.1) is 0 Å². The maximum absolute atomic E-state index is 6.20. The highest BCUT2D eigenvalue weighted by Crippen LogP contribution is 2.15. The molecule has 2 heterocycles. The zero-order valence-electron chi connectivity index (χ0n) is 11.9. The highest BCUT2D eigenvalue weighted by molar-refractivity contribution is 5.28. The molecule has 21 heavy (non-hydrogen) atoms. The lowest BCUT2D eigenvalue weighted by Crippen LogP contribution is -2.12. The molecule has 3 aromatic rings. The number of aryl methyl sites for hydroxylation is 2. The first kappa shape index (κ1) is 13.5. The quantitative estimate of drug-likeness (QED) is 0.772. The summed E-state index contributed by atoms with van der Waals surface area (Å²) in [5.74, 6) is 0. The summed E-state index contributed by atoms with van der Waals surface area (Å²) in [6, 6.07) is 9.69. The molecular weight excluding hydrogens is 264 g/mol. The van der Waals surface area contributed by atoms with E-state index in [-0.39, 0.29) is 6.04 Å². The zero-order valence-corrected chi connectivity index (χ0v) is 11.9. The lowest BCUT2D eigenvalue weighted by atomic mass is 10.1. The van der Waals surface area contributed by atoms with Gasteiger partial charge in [-0.25, -0.2) is 0 Å². The number of nitrogens with two attached hydrogens (primary N) is 1. The maximum atomic E-state index is 6.20. The Morgan fingerprint density at radius 1 is 1.14 bits per heavy atom. The summed E-state index contributed by atoms with van der Waals surface area (Å²) >= 11 is 0. The fourth-order valence-corrected chi connectivity index (χ4v) is 2.20. The van der Waals surface area contributed by atoms with Crippen molar-refractivity contribution in [2.24, 2.45) is 12.8 Å². The van der Waals surface area contributed by atoms with Gasteiger partial charge in [-0.05, 0) is 30.5 Å². The van der Waals surface area contributed by atoms with Crippen LogP contribution in [0.5, 0.6) is 0 Å². The molecule has 3 rings (SSSR count). The molecule has 2 aromatic heterocycles. The molecule has 108 valence electrons. The van der Waals surface area contributed by atoms with Gasteiger partial charge in [0.1, 0.15) is 0 Å². The zero-order chi connectivity index (χ0) is 14.7. The van der Waals surface area contributed by atoms with Gasteiger partial charge in [0.15, 0.2) is 0 Å². The van der Waals surface area contributed by atoms with Crippen molar-refractivity contribution in [2.75, 3.05) is 0 Å². The number of benzene rings is 1. The van der Waals surface area contributed by atoms with Crippen LogP contribution in [0.4, 0.5) is 0 Å². The first-order chi connectivity index (χ1) is 10.2. The van der Waals surface area contributed by atoms with Crippen molar-refractivity contribution in [2.45, 2.75) is 18.9 Å². The van der Waals surface area contributed by atoms with Crippen LogP contribution in [-0.4, -0.2) is 24.8 Å². The van der Waals surface area contributed by atoms with Gasteiger partial charge in [-0.3, -0.25) is 4.68 Å². The van der Waals surface area contributed by atoms with Gasteiger partial charge in [0.05, 0.1) is 29.8 Å². The SMILES string of the molecule is Cn1cc(CCC(N)c2cnn(-c3ccccc3)n2)cn1. The summed E-state index contributed by atoms with van der Waals surface area (Å²) in [6.45, 7) is 0. The van der Waals surface area contributed by atoms with Gasteiger partial charge in [0.25, 0.3) is 0 Å². The predicted octanol–water partition coefficient (Wildman–Crippen LogP) is 1.63. The number of nitrogens with zero attached hydrogens (tertiary/aromatic N) is 5. The number of para-hydroxylation sites is 1. The minimum absolute atomic E-state index is 0.123. The molecule has 0 bridgehead atoms. The molecular formula is C15H18N6. The second-order valence-corrected chi connectivity index (χ2v) is 5.06. The summed E-state index contributed by atoms with van der Waals surface area (Å²) in [5, 5.41) is 12.9. The van der Waals surface area contributed by atoms with Crippen LogP contribution >= 0.6 is 0 Å². The van der Waals surface area contributed by atoms with E-state index in [9.17, 15) is 0 Å². The van der Waals surface area contributed by atoms with Crippen LogP contribution in [0.2, 0.25) is 0 Å². The Balaban J connectivity index is 1.65. The van der Waals surface area contributed by atoms with Crippen molar-refractivity contribution in [1.82, 2.24) is 24.8 Å². The molecule has 0 radical (unpaired) electrons. The number of hydrogen-bond donors (Lipinski definition) is 1. The lowest BCUT2D eigenvalue weighted by molar-refractivity contribution is 0.619. The van der Waals surface area contributed by atoms with Crippen LogP contribution in [0.15, 0.2) is 48.9 Å². The Bertz CT molecular complexity index is 700. The predicted molar refractivity (Wildman–Crippen MR) is 79.8 cm³/mol. The standard InChI is InChI=1S/C15H18N6/c1-20-11-12(9-17-20)7-8-14(16)15-10-18-21(19-15)13-5-3-2-4-6-13/h2-6,9-11,14H,7-8,16H2,1H3. The van der Waals surface area contributed by atoms with Crippen LogP contribution in [0.1, 0.15) is 23.7 Å². The monoisotopic (exact) mass is 282 g/mol. The van der Waals surface area contributed by atoms with E-state index in [1.165, 1.54) is 5.56 Å². The topological polar surface area (TPSA) is 74.6 Å². The van der Waals surface area contributed by atoms with E-state index in [2.05, 4.69) is 15.3 Å². The van der Waals surface area contributed by atoms with Crippen molar-refractivity contribution in [3.8, 4) is 5.69 Å². The van der Waals surface area contributed by atoms with E-state index in [4.69, 9.17) is 5.73 Å². The number of rotatable bonds is 5. The fraction of sp³-hybridized carbons (Fsp3) is 0.267. The van der Waals surface area contributed by atoms with E-state index in [1.807, 2.05) is 49.8 Å². The van der Waals surface area contributed by atoms with Crippen LogP contribution in [0.25, 0.3) is 5.69 Å². The van der Waals surface area contributed by atoms with Gasteiger partial charge in [-0.2, -0.15) is 20.1 Å². The Hall–Kier alpha value is -2.47. The van der Waals surface area contributed by atoms with Gasteiger partial charge >= 0.3 is 0 Å². The van der Waals surface area contributed by atoms with Crippen LogP contribution < -0.4 is 5.73 Å². The first-order valence-electron chi connectivity index (χ1n) is 6.93. The third-order valence-electron chi connectivity index (χ3n) is 3.38. The summed E-state index contributed by atoms with van der Waals surface area (Å²) in [7, 11) is 1.91. The van der Waals surface area contributed by atoms with E-state index in [0.717, 1.165) is 24.2 Å². The molecule has 0 aliphatic rings. The van der Waals surface area contributed by atoms with E-state index >= 15 is 0 Å².